The van der Waals surface area contributed by atoms with Gasteiger partial charge in [0.15, 0.2) is 0 Å². The largest absolute Gasteiger partial charge is 0.456 e. The van der Waals surface area contributed by atoms with Gasteiger partial charge in [-0.05, 0) is 121 Å². The van der Waals surface area contributed by atoms with E-state index in [-0.39, 0.29) is 5.69 Å². The molecule has 0 bridgehead atoms. The lowest BCUT2D eigenvalue weighted by Crippen LogP contribution is -2.28. The predicted molar refractivity (Wildman–Crippen MR) is 262 cm³/mol. The zero-order valence-electron chi connectivity index (χ0n) is 35.1. The fraction of sp³-hybridized carbons (Fsp3) is 0.0164. The van der Waals surface area contributed by atoms with Crippen LogP contribution in [0.1, 0.15) is 22.3 Å². The molecule has 0 N–H and O–H groups in total. The van der Waals surface area contributed by atoms with Crippen LogP contribution in [0.3, 0.4) is 0 Å². The number of halogens is 2. The third kappa shape index (κ3) is 6.29. The third-order valence-corrected chi connectivity index (χ3v) is 13.1. The fourth-order valence-corrected chi connectivity index (χ4v) is 10.2. The summed E-state index contributed by atoms with van der Waals surface area (Å²) >= 11 is 0. The van der Waals surface area contributed by atoms with Gasteiger partial charge in [-0.2, -0.15) is 0 Å². The van der Waals surface area contributed by atoms with Crippen molar-refractivity contribution in [2.45, 2.75) is 5.41 Å². The highest BCUT2D eigenvalue weighted by atomic mass is 19.1. The highest BCUT2D eigenvalue weighted by Gasteiger charge is 2.46. The average Bonchev–Trinajstić information content (AvgIpc) is 3.89. The summed E-state index contributed by atoms with van der Waals surface area (Å²) in [5.41, 5.74) is 15.8. The molecule has 10 aromatic carbocycles. The number of hydrogen-bond donors (Lipinski definition) is 0. The van der Waals surface area contributed by atoms with Crippen molar-refractivity contribution in [3.8, 4) is 44.5 Å². The average molecular weight is 840 g/mol. The van der Waals surface area contributed by atoms with Gasteiger partial charge in [0.1, 0.15) is 22.8 Å². The lowest BCUT2D eigenvalue weighted by molar-refractivity contribution is 0.584. The Kier molecular flexibility index (Phi) is 9.13. The molecule has 0 saturated carbocycles. The second-order valence-electron chi connectivity index (χ2n) is 16.7. The molecule has 1 heterocycles. The standard InChI is InChI=1S/C61H39F2NO/c62-46-28-35-58(57(63)38-46)64(47-29-24-41(25-30-47)40-14-4-1-5-15-40)48-31-34-49(42-16-6-2-7-17-42)54(39-48)43-26-32-51-50-20-10-12-22-55(50)61(56(51)36-43,44-18-8-3-9-19-44)45-27-33-53-52-21-11-13-23-59(52)65-60(53)37-45/h1-39H. The number of furan rings is 1. The number of benzene rings is 10. The summed E-state index contributed by atoms with van der Waals surface area (Å²) in [5, 5.41) is 2.17. The van der Waals surface area contributed by atoms with E-state index >= 15 is 4.39 Å². The number of hydrogen-bond acceptors (Lipinski definition) is 2. The Hall–Kier alpha value is -8.34. The Morgan fingerprint density at radius 2 is 0.969 bits per heavy atom. The Balaban J connectivity index is 1.10. The normalized spacial score (nSPS) is 14.1. The molecule has 1 aliphatic rings. The third-order valence-electron chi connectivity index (χ3n) is 13.1. The van der Waals surface area contributed by atoms with Crippen molar-refractivity contribution in [2.75, 3.05) is 4.90 Å². The molecular weight excluding hydrogens is 801 g/mol. The van der Waals surface area contributed by atoms with Gasteiger partial charge in [0.2, 0.25) is 0 Å². The summed E-state index contributed by atoms with van der Waals surface area (Å²) in [7, 11) is 0. The topological polar surface area (TPSA) is 16.4 Å². The van der Waals surface area contributed by atoms with Gasteiger partial charge in [-0.3, -0.25) is 0 Å². The molecule has 4 heteroatoms. The molecule has 12 rings (SSSR count). The molecule has 0 radical (unpaired) electrons. The van der Waals surface area contributed by atoms with E-state index in [0.717, 1.165) is 95.0 Å². The van der Waals surface area contributed by atoms with Crippen LogP contribution in [0.25, 0.3) is 66.4 Å². The minimum atomic E-state index is -0.704. The van der Waals surface area contributed by atoms with Crippen molar-refractivity contribution in [3.05, 3.63) is 270 Å². The van der Waals surface area contributed by atoms with E-state index in [1.165, 1.54) is 23.3 Å². The molecule has 0 aliphatic heterocycles. The Labute approximate surface area is 375 Å². The van der Waals surface area contributed by atoms with E-state index in [9.17, 15) is 4.39 Å². The van der Waals surface area contributed by atoms with E-state index < -0.39 is 17.0 Å². The molecule has 1 aromatic heterocycles. The number of para-hydroxylation sites is 1. The van der Waals surface area contributed by atoms with Crippen LogP contribution >= 0.6 is 0 Å². The SMILES string of the molecule is Fc1ccc(N(c2ccc(-c3ccccc3)cc2)c2ccc(-c3ccccc3)c(-c3ccc4c(c3)C(c3ccccc3)(c3ccc5c(c3)oc3ccccc35)c3ccccc3-4)c2)c(F)c1. The van der Waals surface area contributed by atoms with Crippen LogP contribution in [-0.4, -0.2) is 0 Å². The maximum atomic E-state index is 16.1. The van der Waals surface area contributed by atoms with Crippen LogP contribution in [0.5, 0.6) is 0 Å². The van der Waals surface area contributed by atoms with E-state index in [1.807, 2.05) is 71.6 Å². The first-order valence-corrected chi connectivity index (χ1v) is 21.9. The maximum Gasteiger partial charge on any atom is 0.150 e. The fourth-order valence-electron chi connectivity index (χ4n) is 10.2. The van der Waals surface area contributed by atoms with Crippen LogP contribution in [0, 0.1) is 11.6 Å². The summed E-state index contributed by atoms with van der Waals surface area (Å²) in [6.45, 7) is 0. The number of fused-ring (bicyclic) bond motifs is 6. The summed E-state index contributed by atoms with van der Waals surface area (Å²) in [6.07, 6.45) is 0. The quantitative estimate of drug-likeness (QED) is 0.152. The van der Waals surface area contributed by atoms with Gasteiger partial charge < -0.3 is 9.32 Å². The number of anilines is 3. The zero-order valence-corrected chi connectivity index (χ0v) is 35.1. The van der Waals surface area contributed by atoms with E-state index in [2.05, 4.69) is 152 Å². The predicted octanol–water partition coefficient (Wildman–Crippen LogP) is 16.7. The van der Waals surface area contributed by atoms with Gasteiger partial charge in [0, 0.05) is 28.2 Å². The Morgan fingerprint density at radius 1 is 0.354 bits per heavy atom. The van der Waals surface area contributed by atoms with Crippen molar-refractivity contribution in [2.24, 2.45) is 0 Å². The maximum absolute atomic E-state index is 16.1. The minimum absolute atomic E-state index is 0.241. The molecule has 1 atom stereocenters. The van der Waals surface area contributed by atoms with Crippen LogP contribution in [0.4, 0.5) is 25.8 Å². The number of nitrogens with zero attached hydrogens (tertiary/aromatic N) is 1. The minimum Gasteiger partial charge on any atom is -0.456 e. The lowest BCUT2D eigenvalue weighted by atomic mass is 9.67. The molecule has 2 nitrogen and oxygen atoms in total. The van der Waals surface area contributed by atoms with Crippen molar-refractivity contribution in [3.63, 3.8) is 0 Å². The summed E-state index contributed by atoms with van der Waals surface area (Å²) in [4.78, 5) is 1.88. The van der Waals surface area contributed by atoms with Crippen molar-refractivity contribution in [1.82, 2.24) is 0 Å². The summed E-state index contributed by atoms with van der Waals surface area (Å²) < 4.78 is 37.3. The molecule has 0 spiro atoms. The van der Waals surface area contributed by atoms with Crippen LogP contribution in [0.2, 0.25) is 0 Å². The van der Waals surface area contributed by atoms with E-state index in [0.29, 0.717) is 0 Å². The van der Waals surface area contributed by atoms with Crippen LogP contribution < -0.4 is 4.90 Å². The van der Waals surface area contributed by atoms with Crippen molar-refractivity contribution < 1.29 is 13.2 Å². The van der Waals surface area contributed by atoms with Crippen LogP contribution in [-0.2, 0) is 5.41 Å². The molecule has 1 aliphatic carbocycles. The van der Waals surface area contributed by atoms with Crippen molar-refractivity contribution >= 4 is 39.0 Å². The lowest BCUT2D eigenvalue weighted by Gasteiger charge is -2.34. The zero-order chi connectivity index (χ0) is 43.5. The highest BCUT2D eigenvalue weighted by molar-refractivity contribution is 6.05. The highest BCUT2D eigenvalue weighted by Crippen LogP contribution is 2.57. The van der Waals surface area contributed by atoms with E-state index in [4.69, 9.17) is 4.42 Å². The van der Waals surface area contributed by atoms with Gasteiger partial charge in [-0.1, -0.05) is 176 Å². The van der Waals surface area contributed by atoms with Crippen molar-refractivity contribution in [1.29, 1.82) is 0 Å². The molecular formula is C61H39F2NO. The first-order valence-electron chi connectivity index (χ1n) is 21.9. The Bertz CT molecular complexity index is 3560. The molecule has 65 heavy (non-hydrogen) atoms. The second-order valence-corrected chi connectivity index (χ2v) is 16.7. The van der Waals surface area contributed by atoms with Gasteiger partial charge in [0.05, 0.1) is 11.1 Å². The second kappa shape index (κ2) is 15.5. The first-order chi connectivity index (χ1) is 32.0. The van der Waals surface area contributed by atoms with Gasteiger partial charge in [0.25, 0.3) is 0 Å². The molecule has 308 valence electrons. The van der Waals surface area contributed by atoms with Gasteiger partial charge in [-0.15, -0.1) is 0 Å². The Morgan fingerprint density at radius 3 is 1.75 bits per heavy atom. The van der Waals surface area contributed by atoms with Gasteiger partial charge >= 0.3 is 0 Å². The molecule has 0 saturated heterocycles. The number of rotatable bonds is 8. The monoisotopic (exact) mass is 839 g/mol. The smallest absolute Gasteiger partial charge is 0.150 e. The molecule has 1 unspecified atom stereocenters. The molecule has 0 amide bonds. The van der Waals surface area contributed by atoms with E-state index in [1.54, 1.807) is 0 Å². The first kappa shape index (κ1) is 38.3. The summed E-state index contributed by atoms with van der Waals surface area (Å²) in [6, 6.07) is 79.9. The molecule has 11 aromatic rings. The molecule has 0 fully saturated rings. The van der Waals surface area contributed by atoms with Gasteiger partial charge in [-0.25, -0.2) is 8.78 Å². The van der Waals surface area contributed by atoms with Crippen LogP contribution in [0.15, 0.2) is 241 Å². The summed E-state index contributed by atoms with van der Waals surface area (Å²) in [5.74, 6) is -1.29.